The average molecular weight is 370 g/mol. The van der Waals surface area contributed by atoms with Gasteiger partial charge in [-0.1, -0.05) is 44.0 Å². The van der Waals surface area contributed by atoms with E-state index in [9.17, 15) is 4.79 Å². The molecule has 4 rings (SSSR count). The second-order valence-electron chi connectivity index (χ2n) is 7.96. The van der Waals surface area contributed by atoms with Crippen molar-refractivity contribution in [3.63, 3.8) is 0 Å². The Labute approximate surface area is 159 Å². The number of hydrogen-bond donors (Lipinski definition) is 0. The maximum absolute atomic E-state index is 13.4. The topological polar surface area (TPSA) is 46.1 Å². The third kappa shape index (κ3) is 3.01. The first-order valence-corrected chi connectivity index (χ1v) is 9.75. The molecule has 2 aliphatic rings. The van der Waals surface area contributed by atoms with E-state index in [0.29, 0.717) is 24.0 Å². The first-order chi connectivity index (χ1) is 12.5. The van der Waals surface area contributed by atoms with Gasteiger partial charge in [-0.25, -0.2) is 9.97 Å². The van der Waals surface area contributed by atoms with Gasteiger partial charge in [-0.15, -0.1) is 0 Å². The predicted octanol–water partition coefficient (Wildman–Crippen LogP) is 4.29. The van der Waals surface area contributed by atoms with Crippen LogP contribution in [0, 0.1) is 5.92 Å². The third-order valence-electron chi connectivity index (χ3n) is 5.60. The maximum atomic E-state index is 13.4. The van der Waals surface area contributed by atoms with Crippen LogP contribution in [-0.4, -0.2) is 20.8 Å². The van der Waals surface area contributed by atoms with Crippen molar-refractivity contribution in [3.05, 3.63) is 58.1 Å². The average Bonchev–Trinajstić information content (AvgIpc) is 2.98. The number of hydrogen-bond acceptors (Lipinski definition) is 3. The normalized spacial score (nSPS) is 17.9. The van der Waals surface area contributed by atoms with Crippen molar-refractivity contribution in [1.82, 2.24) is 14.9 Å². The Balaban J connectivity index is 1.56. The van der Waals surface area contributed by atoms with Crippen molar-refractivity contribution in [1.29, 1.82) is 0 Å². The molecular weight excluding hydrogens is 346 g/mol. The molecule has 1 aromatic heterocycles. The summed E-state index contributed by atoms with van der Waals surface area (Å²) in [5, 5.41) is 0.706. The zero-order valence-electron chi connectivity index (χ0n) is 15.3. The van der Waals surface area contributed by atoms with Crippen LogP contribution in [0.1, 0.15) is 55.8 Å². The number of carbonyl (C=O) groups is 1. The van der Waals surface area contributed by atoms with Crippen molar-refractivity contribution in [3.8, 4) is 0 Å². The van der Waals surface area contributed by atoms with E-state index >= 15 is 0 Å². The van der Waals surface area contributed by atoms with Gasteiger partial charge in [0.1, 0.15) is 5.82 Å². The van der Waals surface area contributed by atoms with E-state index < -0.39 is 0 Å². The second-order valence-corrected chi connectivity index (χ2v) is 8.40. The Morgan fingerprint density at radius 2 is 1.96 bits per heavy atom. The number of rotatable bonds is 4. The molecule has 136 valence electrons. The SMILES string of the molecule is CC(C)Cc1ncc2c(n1)CN(C(=O)C1(c3ccc(Cl)cc3)CCC1)C2. The lowest BCUT2D eigenvalue weighted by Gasteiger charge is -2.43. The van der Waals surface area contributed by atoms with Gasteiger partial charge in [-0.3, -0.25) is 4.79 Å². The van der Waals surface area contributed by atoms with E-state index in [2.05, 4.69) is 18.8 Å². The van der Waals surface area contributed by atoms with Crippen molar-refractivity contribution in [2.24, 2.45) is 5.92 Å². The van der Waals surface area contributed by atoms with Gasteiger partial charge < -0.3 is 4.90 Å². The summed E-state index contributed by atoms with van der Waals surface area (Å²) < 4.78 is 0. The highest BCUT2D eigenvalue weighted by Crippen LogP contribution is 2.46. The molecule has 0 bridgehead atoms. The monoisotopic (exact) mass is 369 g/mol. The minimum atomic E-state index is -0.388. The molecule has 1 fully saturated rings. The molecule has 1 amide bonds. The van der Waals surface area contributed by atoms with Crippen LogP contribution in [-0.2, 0) is 29.7 Å². The van der Waals surface area contributed by atoms with Gasteiger partial charge in [0.2, 0.25) is 5.91 Å². The molecule has 1 saturated carbocycles. The molecule has 26 heavy (non-hydrogen) atoms. The van der Waals surface area contributed by atoms with Crippen LogP contribution in [0.4, 0.5) is 0 Å². The number of amides is 1. The first kappa shape index (κ1) is 17.5. The summed E-state index contributed by atoms with van der Waals surface area (Å²) in [4.78, 5) is 24.6. The molecule has 1 aliphatic carbocycles. The molecule has 0 N–H and O–H groups in total. The number of benzene rings is 1. The Hall–Kier alpha value is -1.94. The summed E-state index contributed by atoms with van der Waals surface area (Å²) in [6.45, 7) is 5.54. The standard InChI is InChI=1S/C21H24ClN3O/c1-14(2)10-19-23-11-15-12-25(13-18(15)24-19)20(26)21(8-3-9-21)16-4-6-17(22)7-5-16/h4-7,11,14H,3,8-10,12-13H2,1-2H3. The molecule has 5 heteroatoms. The molecule has 0 atom stereocenters. The summed E-state index contributed by atoms with van der Waals surface area (Å²) in [7, 11) is 0. The first-order valence-electron chi connectivity index (χ1n) is 9.37. The Bertz CT molecular complexity index is 828. The number of halogens is 1. The van der Waals surface area contributed by atoms with Crippen molar-refractivity contribution < 1.29 is 4.79 Å². The van der Waals surface area contributed by atoms with E-state index in [1.54, 1.807) is 0 Å². The van der Waals surface area contributed by atoms with Crippen LogP contribution >= 0.6 is 11.6 Å². The van der Waals surface area contributed by atoms with Crippen LogP contribution in [0.5, 0.6) is 0 Å². The molecule has 2 aromatic rings. The second kappa shape index (κ2) is 6.66. The highest BCUT2D eigenvalue weighted by Gasteiger charge is 2.48. The van der Waals surface area contributed by atoms with E-state index in [-0.39, 0.29) is 11.3 Å². The fourth-order valence-electron chi connectivity index (χ4n) is 4.03. The van der Waals surface area contributed by atoms with Crippen LogP contribution in [0.2, 0.25) is 5.02 Å². The highest BCUT2D eigenvalue weighted by molar-refractivity contribution is 6.30. The van der Waals surface area contributed by atoms with E-state index in [0.717, 1.165) is 48.3 Å². The zero-order chi connectivity index (χ0) is 18.3. The van der Waals surface area contributed by atoms with Crippen molar-refractivity contribution in [2.75, 3.05) is 0 Å². The Kier molecular flexibility index (Phi) is 4.47. The minimum absolute atomic E-state index is 0.217. The van der Waals surface area contributed by atoms with Crippen LogP contribution in [0.25, 0.3) is 0 Å². The molecule has 0 spiro atoms. The smallest absolute Gasteiger partial charge is 0.233 e. The van der Waals surface area contributed by atoms with Gasteiger partial charge in [-0.05, 0) is 36.5 Å². The van der Waals surface area contributed by atoms with Gasteiger partial charge in [0.05, 0.1) is 17.7 Å². The molecule has 0 unspecified atom stereocenters. The summed E-state index contributed by atoms with van der Waals surface area (Å²) in [6, 6.07) is 7.77. The largest absolute Gasteiger partial charge is 0.332 e. The van der Waals surface area contributed by atoms with Crippen molar-refractivity contribution in [2.45, 2.75) is 58.0 Å². The van der Waals surface area contributed by atoms with Gasteiger partial charge in [0.15, 0.2) is 0 Å². The molecule has 0 saturated heterocycles. The third-order valence-corrected chi connectivity index (χ3v) is 5.85. The van der Waals surface area contributed by atoms with E-state index in [1.165, 1.54) is 0 Å². The van der Waals surface area contributed by atoms with Crippen molar-refractivity contribution >= 4 is 17.5 Å². The number of fused-ring (bicyclic) bond motifs is 1. The van der Waals surface area contributed by atoms with Gasteiger partial charge in [0, 0.05) is 29.7 Å². The number of nitrogens with zero attached hydrogens (tertiary/aromatic N) is 3. The van der Waals surface area contributed by atoms with Crippen LogP contribution in [0.15, 0.2) is 30.5 Å². The molecule has 0 radical (unpaired) electrons. The molecular formula is C21H24ClN3O. The highest BCUT2D eigenvalue weighted by atomic mass is 35.5. The quantitative estimate of drug-likeness (QED) is 0.807. The molecule has 1 aromatic carbocycles. The summed E-state index contributed by atoms with van der Waals surface area (Å²) >= 11 is 6.03. The molecule has 1 aliphatic heterocycles. The Morgan fingerprint density at radius 3 is 2.58 bits per heavy atom. The summed E-state index contributed by atoms with van der Waals surface area (Å²) in [5.41, 5.74) is 2.78. The fraction of sp³-hybridized carbons (Fsp3) is 0.476. The lowest BCUT2D eigenvalue weighted by atomic mass is 9.63. The number of aromatic nitrogens is 2. The fourth-order valence-corrected chi connectivity index (χ4v) is 4.16. The van der Waals surface area contributed by atoms with E-state index in [1.807, 2.05) is 35.4 Å². The number of carbonyl (C=O) groups excluding carboxylic acids is 1. The molecule has 2 heterocycles. The van der Waals surface area contributed by atoms with E-state index in [4.69, 9.17) is 16.6 Å². The van der Waals surface area contributed by atoms with Gasteiger partial charge in [-0.2, -0.15) is 0 Å². The summed E-state index contributed by atoms with van der Waals surface area (Å²) in [6.07, 6.45) is 5.68. The lowest BCUT2D eigenvalue weighted by Crippen LogP contribution is -2.49. The maximum Gasteiger partial charge on any atom is 0.233 e. The van der Waals surface area contributed by atoms with Gasteiger partial charge in [0.25, 0.3) is 0 Å². The van der Waals surface area contributed by atoms with Gasteiger partial charge >= 0.3 is 0 Å². The Morgan fingerprint density at radius 1 is 1.23 bits per heavy atom. The summed E-state index contributed by atoms with van der Waals surface area (Å²) in [5.74, 6) is 1.62. The molecule has 4 nitrogen and oxygen atoms in total. The van der Waals surface area contributed by atoms with Crippen LogP contribution in [0.3, 0.4) is 0 Å². The predicted molar refractivity (Wildman–Crippen MR) is 102 cm³/mol. The van der Waals surface area contributed by atoms with Crippen LogP contribution < -0.4 is 0 Å². The zero-order valence-corrected chi connectivity index (χ0v) is 16.1. The lowest BCUT2D eigenvalue weighted by molar-refractivity contribution is -0.141. The minimum Gasteiger partial charge on any atom is -0.332 e.